The van der Waals surface area contributed by atoms with Gasteiger partial charge in [0.05, 0.1) is 23.5 Å². The summed E-state index contributed by atoms with van der Waals surface area (Å²) in [4.78, 5) is 47.3. The lowest BCUT2D eigenvalue weighted by atomic mass is 9.87. The van der Waals surface area contributed by atoms with Crippen LogP contribution in [0.15, 0.2) is 48.5 Å². The van der Waals surface area contributed by atoms with Crippen molar-refractivity contribution >= 4 is 23.5 Å². The van der Waals surface area contributed by atoms with Crippen molar-refractivity contribution < 1.29 is 42.3 Å². The number of carbonyl (C=O) groups is 3. The first-order valence-electron chi connectivity index (χ1n) is 10.2. The lowest BCUT2D eigenvalue weighted by molar-refractivity contribution is -0.384. The van der Waals surface area contributed by atoms with Gasteiger partial charge in [0.25, 0.3) is 11.6 Å². The molecule has 35 heavy (non-hydrogen) atoms. The van der Waals surface area contributed by atoms with Gasteiger partial charge in [-0.25, -0.2) is 0 Å². The number of nitro benzene ring substituents is 1. The summed E-state index contributed by atoms with van der Waals surface area (Å²) >= 11 is 0. The summed E-state index contributed by atoms with van der Waals surface area (Å²) in [6, 6.07) is 6.40. The third-order valence-corrected chi connectivity index (χ3v) is 5.03. The molecule has 2 rings (SSSR count). The number of amides is 2. The molecule has 0 fully saturated rings. The number of nitrogens with two attached hydrogens (primary N) is 1. The van der Waals surface area contributed by atoms with E-state index in [1.807, 2.05) is 0 Å². The number of nitrogens with zero attached hydrogens (tertiary/aromatic N) is 1. The fourth-order valence-electron chi connectivity index (χ4n) is 3.28. The van der Waals surface area contributed by atoms with Crippen LogP contribution in [0.4, 0.5) is 18.9 Å². The lowest BCUT2D eigenvalue weighted by Gasteiger charge is -2.26. The standard InChI is InChI=1S/C22H22F3N3O7/c1-2-35-17(29)11-16(12-5-9-15(10-6-12)28(33)34)18(20(26)31)27-21(32)19(30)13-3-7-14(8-4-13)22(23,24)25/h3-10,16,18-19,30H,2,11H2,1H3,(H2,26,31)(H,27,32)/t16-,18+,19-/m0/s1. The van der Waals surface area contributed by atoms with Crippen LogP contribution in [0.2, 0.25) is 0 Å². The van der Waals surface area contributed by atoms with Crippen LogP contribution in [0.1, 0.15) is 42.1 Å². The zero-order valence-electron chi connectivity index (χ0n) is 18.3. The number of hydrogen-bond acceptors (Lipinski definition) is 7. The second kappa shape index (κ2) is 11.4. The molecule has 0 radical (unpaired) electrons. The average Bonchev–Trinajstić information content (AvgIpc) is 2.80. The predicted molar refractivity (Wildman–Crippen MR) is 115 cm³/mol. The third-order valence-electron chi connectivity index (χ3n) is 5.03. The molecular formula is C22H22F3N3O7. The van der Waals surface area contributed by atoms with E-state index in [9.17, 15) is 42.8 Å². The minimum atomic E-state index is -4.62. The van der Waals surface area contributed by atoms with Crippen LogP contribution in [0.25, 0.3) is 0 Å². The highest BCUT2D eigenvalue weighted by molar-refractivity contribution is 5.90. The summed E-state index contributed by atoms with van der Waals surface area (Å²) in [5.41, 5.74) is 4.23. The SMILES string of the molecule is CCOC(=O)C[C@@H](c1ccc([N+](=O)[O-])cc1)[C@@H](NC(=O)[C@@H](O)c1ccc(C(F)(F)F)cc1)C(N)=O. The van der Waals surface area contributed by atoms with Gasteiger partial charge in [0.15, 0.2) is 6.10 Å². The van der Waals surface area contributed by atoms with Crippen LogP contribution < -0.4 is 11.1 Å². The fourth-order valence-corrected chi connectivity index (χ4v) is 3.28. The lowest BCUT2D eigenvalue weighted by Crippen LogP contribution is -2.50. The zero-order chi connectivity index (χ0) is 26.3. The quantitative estimate of drug-likeness (QED) is 0.258. The number of aliphatic hydroxyl groups is 1. The maximum atomic E-state index is 12.8. The summed E-state index contributed by atoms with van der Waals surface area (Å²) in [7, 11) is 0. The molecule has 13 heteroatoms. The van der Waals surface area contributed by atoms with Gasteiger partial charge in [0, 0.05) is 18.1 Å². The number of nitrogens with one attached hydrogen (secondary N) is 1. The summed E-state index contributed by atoms with van der Waals surface area (Å²) in [5.74, 6) is -4.13. The molecule has 0 heterocycles. The second-order valence-corrected chi connectivity index (χ2v) is 7.38. The first-order valence-corrected chi connectivity index (χ1v) is 10.2. The van der Waals surface area contributed by atoms with Crippen molar-refractivity contribution in [1.82, 2.24) is 5.32 Å². The van der Waals surface area contributed by atoms with Gasteiger partial charge in [-0.3, -0.25) is 24.5 Å². The number of hydrogen-bond donors (Lipinski definition) is 3. The molecule has 10 nitrogen and oxygen atoms in total. The van der Waals surface area contributed by atoms with Crippen molar-refractivity contribution in [1.29, 1.82) is 0 Å². The molecule has 0 saturated carbocycles. The van der Waals surface area contributed by atoms with Crippen molar-refractivity contribution in [2.24, 2.45) is 5.73 Å². The van der Waals surface area contributed by atoms with Gasteiger partial charge < -0.3 is 20.9 Å². The number of non-ortho nitro benzene ring substituents is 1. The molecule has 0 bridgehead atoms. The van der Waals surface area contributed by atoms with Crippen LogP contribution in [0.3, 0.4) is 0 Å². The van der Waals surface area contributed by atoms with Crippen molar-refractivity contribution in [3.8, 4) is 0 Å². The number of rotatable bonds is 10. The number of esters is 1. The van der Waals surface area contributed by atoms with Gasteiger partial charge >= 0.3 is 12.1 Å². The van der Waals surface area contributed by atoms with Gasteiger partial charge in [-0.05, 0) is 30.2 Å². The Labute approximate surface area is 197 Å². The van der Waals surface area contributed by atoms with Gasteiger partial charge in [-0.1, -0.05) is 24.3 Å². The van der Waals surface area contributed by atoms with Crippen LogP contribution in [-0.4, -0.2) is 40.5 Å². The molecular weight excluding hydrogens is 475 g/mol. The van der Waals surface area contributed by atoms with E-state index < -0.39 is 58.9 Å². The Morgan fingerprint density at radius 2 is 1.63 bits per heavy atom. The van der Waals surface area contributed by atoms with Crippen LogP contribution >= 0.6 is 0 Å². The Bertz CT molecular complexity index is 1070. The highest BCUT2D eigenvalue weighted by atomic mass is 19.4. The second-order valence-electron chi connectivity index (χ2n) is 7.38. The van der Waals surface area contributed by atoms with E-state index in [0.717, 1.165) is 24.3 Å². The fraction of sp³-hybridized carbons (Fsp3) is 0.318. The smallest absolute Gasteiger partial charge is 0.416 e. The topological polar surface area (TPSA) is 162 Å². The highest BCUT2D eigenvalue weighted by Gasteiger charge is 2.34. The van der Waals surface area contributed by atoms with Crippen molar-refractivity contribution in [3.05, 3.63) is 75.3 Å². The maximum absolute atomic E-state index is 12.8. The van der Waals surface area contributed by atoms with E-state index in [1.54, 1.807) is 6.92 Å². The average molecular weight is 497 g/mol. The normalized spacial score (nSPS) is 13.9. The van der Waals surface area contributed by atoms with Gasteiger partial charge in [-0.15, -0.1) is 0 Å². The maximum Gasteiger partial charge on any atom is 0.416 e. The molecule has 0 unspecified atom stereocenters. The summed E-state index contributed by atoms with van der Waals surface area (Å²) in [6.45, 7) is 1.57. The molecule has 3 atom stereocenters. The number of carbonyl (C=O) groups excluding carboxylic acids is 3. The van der Waals surface area contributed by atoms with Crippen molar-refractivity contribution in [2.75, 3.05) is 6.61 Å². The molecule has 0 aliphatic heterocycles. The first-order chi connectivity index (χ1) is 16.3. The number of benzene rings is 2. The number of nitro groups is 1. The molecule has 2 aromatic rings. The molecule has 0 spiro atoms. The Balaban J connectivity index is 2.33. The van der Waals surface area contributed by atoms with Gasteiger partial charge in [0.2, 0.25) is 5.91 Å². The van der Waals surface area contributed by atoms with Crippen molar-refractivity contribution in [2.45, 2.75) is 37.6 Å². The van der Waals surface area contributed by atoms with Crippen LogP contribution in [0.5, 0.6) is 0 Å². The summed E-state index contributed by atoms with van der Waals surface area (Å²) in [6.07, 6.45) is -7.02. The number of aliphatic hydroxyl groups excluding tert-OH is 1. The van der Waals surface area contributed by atoms with E-state index in [0.29, 0.717) is 12.1 Å². The third kappa shape index (κ3) is 7.24. The number of halogens is 3. The highest BCUT2D eigenvalue weighted by Crippen LogP contribution is 2.30. The number of primary amides is 1. The molecule has 2 amide bonds. The largest absolute Gasteiger partial charge is 0.466 e. The van der Waals surface area contributed by atoms with Gasteiger partial charge in [0.1, 0.15) is 6.04 Å². The first kappa shape index (κ1) is 27.2. The van der Waals surface area contributed by atoms with Gasteiger partial charge in [-0.2, -0.15) is 13.2 Å². The molecule has 188 valence electrons. The van der Waals surface area contributed by atoms with Crippen LogP contribution in [-0.2, 0) is 25.3 Å². The van der Waals surface area contributed by atoms with E-state index in [4.69, 9.17) is 10.5 Å². The molecule has 0 aromatic heterocycles. The Morgan fingerprint density at radius 3 is 2.09 bits per heavy atom. The molecule has 2 aromatic carbocycles. The zero-order valence-corrected chi connectivity index (χ0v) is 18.3. The minimum absolute atomic E-state index is 0.0199. The van der Waals surface area contributed by atoms with Crippen LogP contribution in [0, 0.1) is 10.1 Å². The Kier molecular flexibility index (Phi) is 8.89. The van der Waals surface area contributed by atoms with Crippen molar-refractivity contribution in [3.63, 3.8) is 0 Å². The number of alkyl halides is 3. The Hall–Kier alpha value is -4.00. The van der Waals surface area contributed by atoms with E-state index in [-0.39, 0.29) is 23.4 Å². The summed E-state index contributed by atoms with van der Waals surface area (Å²) in [5, 5.41) is 23.5. The summed E-state index contributed by atoms with van der Waals surface area (Å²) < 4.78 is 43.1. The monoisotopic (exact) mass is 497 g/mol. The molecule has 4 N–H and O–H groups in total. The molecule has 0 aliphatic carbocycles. The van der Waals surface area contributed by atoms with E-state index in [2.05, 4.69) is 5.32 Å². The predicted octanol–water partition coefficient (Wildman–Crippen LogP) is 2.35. The minimum Gasteiger partial charge on any atom is -0.466 e. The van der Waals surface area contributed by atoms with E-state index in [1.165, 1.54) is 12.1 Å². The number of ether oxygens (including phenoxy) is 1. The molecule has 0 aliphatic rings. The van der Waals surface area contributed by atoms with E-state index >= 15 is 0 Å². The Morgan fingerprint density at radius 1 is 1.09 bits per heavy atom. The molecule has 0 saturated heterocycles.